The summed E-state index contributed by atoms with van der Waals surface area (Å²) in [7, 11) is 0. The molecular weight excluding hydrogens is 212 g/mol. The Morgan fingerprint density at radius 2 is 2.29 bits per heavy atom. The molecule has 1 N–H and O–H groups in total. The third-order valence-electron chi connectivity index (χ3n) is 2.12. The Morgan fingerprint density at radius 3 is 2.86 bits per heavy atom. The molecule has 0 radical (unpaired) electrons. The first-order valence-electron chi connectivity index (χ1n) is 4.12. The van der Waals surface area contributed by atoms with Crippen LogP contribution in [0.25, 0.3) is 0 Å². The van der Waals surface area contributed by atoms with Crippen molar-refractivity contribution in [3.63, 3.8) is 0 Å². The Kier molecular flexibility index (Phi) is 2.02. The molecule has 6 heteroatoms. The summed E-state index contributed by atoms with van der Waals surface area (Å²) < 4.78 is 26.5. The summed E-state index contributed by atoms with van der Waals surface area (Å²) in [5, 5.41) is 8.37. The standard InChI is InChI=1S/C8H7F2NO2S/c9-8(10)3-1-2-4-5(8)14-6(11-4)7(12)13/h1-3H2,(H,12,13). The number of carboxylic acid groups (broad SMARTS) is 1. The van der Waals surface area contributed by atoms with Crippen molar-refractivity contribution < 1.29 is 18.7 Å². The molecule has 3 nitrogen and oxygen atoms in total. The summed E-state index contributed by atoms with van der Waals surface area (Å²) in [6.45, 7) is 0. The van der Waals surface area contributed by atoms with E-state index >= 15 is 0 Å². The van der Waals surface area contributed by atoms with Crippen LogP contribution in [0.5, 0.6) is 0 Å². The Hall–Kier alpha value is -1.04. The number of hydrogen-bond acceptors (Lipinski definition) is 3. The highest BCUT2D eigenvalue weighted by molar-refractivity contribution is 7.13. The smallest absolute Gasteiger partial charge is 0.365 e. The van der Waals surface area contributed by atoms with Gasteiger partial charge < -0.3 is 5.11 Å². The minimum Gasteiger partial charge on any atom is -0.476 e. The topological polar surface area (TPSA) is 50.2 Å². The van der Waals surface area contributed by atoms with Gasteiger partial charge in [-0.15, -0.1) is 11.3 Å². The number of halogens is 2. The Balaban J connectivity index is 2.49. The van der Waals surface area contributed by atoms with Crippen molar-refractivity contribution in [2.45, 2.75) is 25.2 Å². The number of fused-ring (bicyclic) bond motifs is 1. The maximum absolute atomic E-state index is 13.3. The van der Waals surface area contributed by atoms with Crippen LogP contribution in [0, 0.1) is 0 Å². The van der Waals surface area contributed by atoms with Gasteiger partial charge in [0.25, 0.3) is 5.92 Å². The van der Waals surface area contributed by atoms with Gasteiger partial charge in [0.05, 0.1) is 10.6 Å². The monoisotopic (exact) mass is 219 g/mol. The molecule has 1 heterocycles. The molecule has 1 aromatic heterocycles. The number of alkyl halides is 2. The molecule has 1 aliphatic carbocycles. The first-order valence-corrected chi connectivity index (χ1v) is 4.93. The van der Waals surface area contributed by atoms with Crippen molar-refractivity contribution in [2.75, 3.05) is 0 Å². The average Bonchev–Trinajstić information content (AvgIpc) is 2.48. The van der Waals surface area contributed by atoms with Crippen LogP contribution in [0.2, 0.25) is 0 Å². The molecule has 0 saturated heterocycles. The predicted molar refractivity (Wildman–Crippen MR) is 45.9 cm³/mol. The molecule has 0 aliphatic heterocycles. The van der Waals surface area contributed by atoms with Crippen LogP contribution in [0.15, 0.2) is 0 Å². The van der Waals surface area contributed by atoms with Crippen molar-refractivity contribution in [3.05, 3.63) is 15.6 Å². The zero-order valence-corrected chi connectivity index (χ0v) is 7.90. The van der Waals surface area contributed by atoms with Crippen molar-refractivity contribution in [1.29, 1.82) is 0 Å². The van der Waals surface area contributed by atoms with E-state index in [-0.39, 0.29) is 22.0 Å². The molecule has 76 valence electrons. The highest BCUT2D eigenvalue weighted by atomic mass is 32.1. The lowest BCUT2D eigenvalue weighted by atomic mass is 10.00. The quantitative estimate of drug-likeness (QED) is 0.788. The van der Waals surface area contributed by atoms with E-state index in [0.717, 1.165) is 0 Å². The van der Waals surface area contributed by atoms with Gasteiger partial charge in [0.2, 0.25) is 5.01 Å². The zero-order valence-electron chi connectivity index (χ0n) is 7.09. The second kappa shape index (κ2) is 2.98. The molecule has 14 heavy (non-hydrogen) atoms. The van der Waals surface area contributed by atoms with Crippen LogP contribution >= 0.6 is 11.3 Å². The summed E-state index contributed by atoms with van der Waals surface area (Å²) in [6, 6.07) is 0. The molecule has 0 amide bonds. The van der Waals surface area contributed by atoms with Gasteiger partial charge in [-0.2, -0.15) is 0 Å². The Labute approximate surface area is 82.4 Å². The molecule has 0 fully saturated rings. The maximum Gasteiger partial charge on any atom is 0.365 e. The average molecular weight is 219 g/mol. The van der Waals surface area contributed by atoms with E-state index in [2.05, 4.69) is 4.98 Å². The number of aromatic nitrogens is 1. The highest BCUT2D eigenvalue weighted by Crippen LogP contribution is 2.42. The minimum atomic E-state index is -2.89. The Bertz CT molecular complexity index is 389. The second-order valence-electron chi connectivity index (χ2n) is 3.16. The normalized spacial score (nSPS) is 19.0. The minimum absolute atomic E-state index is 0.166. The third-order valence-corrected chi connectivity index (χ3v) is 3.31. The van der Waals surface area contributed by atoms with E-state index in [1.807, 2.05) is 0 Å². The lowest BCUT2D eigenvalue weighted by Gasteiger charge is -2.19. The zero-order chi connectivity index (χ0) is 10.3. The van der Waals surface area contributed by atoms with Crippen molar-refractivity contribution in [1.82, 2.24) is 4.98 Å². The maximum atomic E-state index is 13.3. The molecule has 0 aromatic carbocycles. The van der Waals surface area contributed by atoms with Crippen LogP contribution in [0.3, 0.4) is 0 Å². The predicted octanol–water partition coefficient (Wildman–Crippen LogP) is 2.27. The third kappa shape index (κ3) is 1.39. The van der Waals surface area contributed by atoms with E-state index in [1.54, 1.807) is 0 Å². The lowest BCUT2D eigenvalue weighted by Crippen LogP contribution is -2.18. The molecule has 0 unspecified atom stereocenters. The fourth-order valence-corrected chi connectivity index (χ4v) is 2.44. The second-order valence-corrected chi connectivity index (χ2v) is 4.16. The number of rotatable bonds is 1. The first kappa shape index (κ1) is 9.51. The number of nitrogens with zero attached hydrogens (tertiary/aromatic N) is 1. The first-order chi connectivity index (χ1) is 6.50. The van der Waals surface area contributed by atoms with Gasteiger partial charge in [-0.1, -0.05) is 0 Å². The van der Waals surface area contributed by atoms with Crippen molar-refractivity contribution in [3.8, 4) is 0 Å². The van der Waals surface area contributed by atoms with Crippen LogP contribution in [-0.4, -0.2) is 16.1 Å². The SMILES string of the molecule is O=C(O)c1nc2c(s1)C(F)(F)CCC2. The van der Waals surface area contributed by atoms with E-state index in [0.29, 0.717) is 24.2 Å². The fourth-order valence-electron chi connectivity index (χ4n) is 1.49. The van der Waals surface area contributed by atoms with Crippen LogP contribution in [-0.2, 0) is 12.3 Å². The van der Waals surface area contributed by atoms with Gasteiger partial charge in [-0.25, -0.2) is 18.6 Å². The summed E-state index contributed by atoms with van der Waals surface area (Å²) in [6.07, 6.45) is 0.610. The molecule has 2 rings (SSSR count). The summed E-state index contributed by atoms with van der Waals surface area (Å²) in [5.41, 5.74) is 0.253. The van der Waals surface area contributed by atoms with Crippen molar-refractivity contribution in [2.24, 2.45) is 0 Å². The molecule has 1 aliphatic rings. The number of carboxylic acids is 1. The van der Waals surface area contributed by atoms with E-state index < -0.39 is 11.9 Å². The van der Waals surface area contributed by atoms with E-state index in [1.165, 1.54) is 0 Å². The number of aromatic carboxylic acids is 1. The number of carbonyl (C=O) groups is 1. The Morgan fingerprint density at radius 1 is 1.57 bits per heavy atom. The number of thiazole rings is 1. The van der Waals surface area contributed by atoms with Gasteiger partial charge >= 0.3 is 5.97 Å². The largest absolute Gasteiger partial charge is 0.476 e. The fraction of sp³-hybridized carbons (Fsp3) is 0.500. The molecule has 0 spiro atoms. The van der Waals surface area contributed by atoms with Crippen LogP contribution in [0.4, 0.5) is 8.78 Å². The van der Waals surface area contributed by atoms with E-state index in [9.17, 15) is 13.6 Å². The summed E-state index contributed by atoms with van der Waals surface area (Å²) >= 11 is 0.590. The van der Waals surface area contributed by atoms with Crippen LogP contribution in [0.1, 0.15) is 33.2 Å². The van der Waals surface area contributed by atoms with Gasteiger partial charge in [-0.05, 0) is 12.8 Å². The van der Waals surface area contributed by atoms with Gasteiger partial charge in [0.1, 0.15) is 0 Å². The van der Waals surface area contributed by atoms with Gasteiger partial charge in [0, 0.05) is 6.42 Å². The van der Waals surface area contributed by atoms with Gasteiger partial charge in [0.15, 0.2) is 0 Å². The molecule has 1 aromatic rings. The van der Waals surface area contributed by atoms with Gasteiger partial charge in [-0.3, -0.25) is 0 Å². The van der Waals surface area contributed by atoms with Crippen LogP contribution < -0.4 is 0 Å². The van der Waals surface area contributed by atoms with Crippen molar-refractivity contribution >= 4 is 17.3 Å². The molecule has 0 atom stereocenters. The van der Waals surface area contributed by atoms with E-state index in [4.69, 9.17) is 5.11 Å². The lowest BCUT2D eigenvalue weighted by molar-refractivity contribution is -0.0181. The number of aryl methyl sites for hydroxylation is 1. The molecule has 0 bridgehead atoms. The number of hydrogen-bond donors (Lipinski definition) is 1. The molecular formula is C8H7F2NO2S. The molecule has 0 saturated carbocycles. The summed E-state index contributed by atoms with van der Waals surface area (Å²) in [5.74, 6) is -4.13. The highest BCUT2D eigenvalue weighted by Gasteiger charge is 2.40. The summed E-state index contributed by atoms with van der Waals surface area (Å²) in [4.78, 5) is 14.1.